The van der Waals surface area contributed by atoms with Crippen LogP contribution in [0.4, 0.5) is 0 Å². The maximum Gasteiger partial charge on any atom is 0.230 e. The molecule has 2 aromatic heterocycles. The van der Waals surface area contributed by atoms with Crippen LogP contribution in [0.3, 0.4) is 0 Å². The van der Waals surface area contributed by atoms with Crippen molar-refractivity contribution in [2.24, 2.45) is 0 Å². The summed E-state index contributed by atoms with van der Waals surface area (Å²) in [6.07, 6.45) is 3.24. The monoisotopic (exact) mass is 487 g/mol. The maximum atomic E-state index is 12.6. The third-order valence-corrected chi connectivity index (χ3v) is 6.50. The molecular weight excluding hydrogens is 462 g/mol. The summed E-state index contributed by atoms with van der Waals surface area (Å²) in [5.41, 5.74) is 4.09. The molecule has 0 spiro atoms. The molecule has 0 fully saturated rings. The predicted molar refractivity (Wildman–Crippen MR) is 134 cm³/mol. The summed E-state index contributed by atoms with van der Waals surface area (Å²) in [7, 11) is 0. The molecule has 5 rings (SSSR count). The molecule has 0 saturated heterocycles. The van der Waals surface area contributed by atoms with Crippen molar-refractivity contribution < 1.29 is 14.3 Å². The van der Waals surface area contributed by atoms with Crippen LogP contribution in [-0.4, -0.2) is 50.7 Å². The second-order valence-corrected chi connectivity index (χ2v) is 9.21. The van der Waals surface area contributed by atoms with E-state index in [2.05, 4.69) is 52.5 Å². The molecule has 1 aliphatic heterocycles. The van der Waals surface area contributed by atoms with Gasteiger partial charge in [0.2, 0.25) is 5.91 Å². The van der Waals surface area contributed by atoms with E-state index in [0.29, 0.717) is 29.9 Å². The van der Waals surface area contributed by atoms with Crippen molar-refractivity contribution >= 4 is 17.7 Å². The number of benzene rings is 2. The van der Waals surface area contributed by atoms with Gasteiger partial charge in [0.15, 0.2) is 22.5 Å². The molecule has 8 nitrogen and oxygen atoms in total. The maximum absolute atomic E-state index is 12.6. The first-order valence-electron chi connectivity index (χ1n) is 11.3. The van der Waals surface area contributed by atoms with Crippen LogP contribution in [-0.2, 0) is 4.79 Å². The molecule has 178 valence electrons. The molecule has 0 aliphatic carbocycles. The zero-order valence-corrected chi connectivity index (χ0v) is 20.3. The number of amides is 1. The van der Waals surface area contributed by atoms with Crippen molar-refractivity contribution in [1.82, 2.24) is 25.1 Å². The summed E-state index contributed by atoms with van der Waals surface area (Å²) in [5.74, 6) is 2.17. The molecule has 9 heteroatoms. The van der Waals surface area contributed by atoms with Crippen molar-refractivity contribution in [3.05, 3.63) is 78.1 Å². The van der Waals surface area contributed by atoms with E-state index in [-0.39, 0.29) is 17.8 Å². The highest BCUT2D eigenvalue weighted by molar-refractivity contribution is 7.99. The topological polar surface area (TPSA) is 91.2 Å². The van der Waals surface area contributed by atoms with Crippen molar-refractivity contribution in [3.8, 4) is 28.6 Å². The van der Waals surface area contributed by atoms with E-state index in [0.717, 1.165) is 22.6 Å². The second kappa shape index (κ2) is 10.2. The fourth-order valence-corrected chi connectivity index (χ4v) is 4.67. The molecule has 1 atom stereocenters. The second-order valence-electron chi connectivity index (χ2n) is 8.26. The number of nitrogens with zero attached hydrogens (tertiary/aromatic N) is 4. The van der Waals surface area contributed by atoms with E-state index >= 15 is 0 Å². The average molecular weight is 488 g/mol. The lowest BCUT2D eigenvalue weighted by Gasteiger charge is -2.26. The predicted octanol–water partition coefficient (Wildman–Crippen LogP) is 3.99. The first-order valence-corrected chi connectivity index (χ1v) is 12.3. The van der Waals surface area contributed by atoms with Gasteiger partial charge in [-0.1, -0.05) is 41.6 Å². The summed E-state index contributed by atoms with van der Waals surface area (Å²) in [4.78, 5) is 16.9. The third kappa shape index (κ3) is 5.14. The molecule has 1 aliphatic rings. The minimum Gasteiger partial charge on any atom is -0.486 e. The number of hydrogen-bond acceptors (Lipinski definition) is 7. The number of carbonyl (C=O) groups is 1. The highest BCUT2D eigenvalue weighted by Crippen LogP contribution is 2.31. The van der Waals surface area contributed by atoms with Gasteiger partial charge >= 0.3 is 0 Å². The van der Waals surface area contributed by atoms with Crippen LogP contribution in [0, 0.1) is 13.8 Å². The normalized spacial score (nSPS) is 14.5. The molecule has 1 N–H and O–H groups in total. The van der Waals surface area contributed by atoms with Gasteiger partial charge < -0.3 is 14.8 Å². The largest absolute Gasteiger partial charge is 0.486 e. The van der Waals surface area contributed by atoms with E-state index in [1.807, 2.05) is 41.0 Å². The lowest BCUT2D eigenvalue weighted by molar-refractivity contribution is -0.119. The Bertz CT molecular complexity index is 1340. The fourth-order valence-electron chi connectivity index (χ4n) is 3.89. The van der Waals surface area contributed by atoms with Gasteiger partial charge in [0, 0.05) is 18.0 Å². The highest BCUT2D eigenvalue weighted by Gasteiger charge is 2.22. The van der Waals surface area contributed by atoms with Gasteiger partial charge in [-0.3, -0.25) is 14.3 Å². The average Bonchev–Trinajstić information content (AvgIpc) is 3.30. The summed E-state index contributed by atoms with van der Waals surface area (Å²) < 4.78 is 13.6. The summed E-state index contributed by atoms with van der Waals surface area (Å²) in [5, 5.41) is 12.4. The van der Waals surface area contributed by atoms with Gasteiger partial charge in [0.25, 0.3) is 0 Å². The molecule has 0 bridgehead atoms. The van der Waals surface area contributed by atoms with Gasteiger partial charge in [-0.2, -0.15) is 0 Å². The third-order valence-electron chi connectivity index (χ3n) is 5.57. The van der Waals surface area contributed by atoms with E-state index in [1.165, 1.54) is 17.3 Å². The quantitative estimate of drug-likeness (QED) is 0.394. The highest BCUT2D eigenvalue weighted by atomic mass is 32.2. The molecule has 0 radical (unpaired) electrons. The first-order chi connectivity index (χ1) is 17.1. The fraction of sp³-hybridized carbons (Fsp3) is 0.231. The number of thioether (sulfide) groups is 1. The number of ether oxygens (including phenoxy) is 2. The van der Waals surface area contributed by atoms with Gasteiger partial charge in [-0.25, -0.2) is 0 Å². The standard InChI is InChI=1S/C26H25N5O3S/c1-17-9-10-21(18(2)12-17)31-25(19-6-5-11-27-13-19)29-30-26(31)35-16-24(32)28-14-20-15-33-22-7-3-4-8-23(22)34-20/h3-13,20H,14-16H2,1-2H3,(H,28,32)/t20-/m0/s1. The molecule has 0 saturated carbocycles. The molecule has 1 amide bonds. The molecule has 2 aromatic carbocycles. The molecular formula is C26H25N5O3S. The summed E-state index contributed by atoms with van der Waals surface area (Å²) in [6.45, 7) is 4.86. The minimum absolute atomic E-state index is 0.115. The summed E-state index contributed by atoms with van der Waals surface area (Å²) >= 11 is 1.34. The number of para-hydroxylation sites is 2. The Hall–Kier alpha value is -3.85. The Balaban J connectivity index is 1.29. The van der Waals surface area contributed by atoms with Crippen molar-refractivity contribution in [1.29, 1.82) is 0 Å². The van der Waals surface area contributed by atoms with Crippen LogP contribution in [0.1, 0.15) is 11.1 Å². The van der Waals surface area contributed by atoms with Crippen LogP contribution in [0.2, 0.25) is 0 Å². The van der Waals surface area contributed by atoms with Gasteiger partial charge in [0.05, 0.1) is 18.0 Å². The Labute approximate surface area is 207 Å². The zero-order valence-electron chi connectivity index (χ0n) is 19.5. The van der Waals surface area contributed by atoms with Crippen molar-refractivity contribution in [2.45, 2.75) is 25.1 Å². The van der Waals surface area contributed by atoms with Crippen molar-refractivity contribution in [2.75, 3.05) is 18.9 Å². The molecule has 0 unspecified atom stereocenters. The van der Waals surface area contributed by atoms with Crippen LogP contribution in [0.15, 0.2) is 72.1 Å². The van der Waals surface area contributed by atoms with Crippen LogP contribution >= 0.6 is 11.8 Å². The van der Waals surface area contributed by atoms with E-state index in [1.54, 1.807) is 12.4 Å². The van der Waals surface area contributed by atoms with Crippen molar-refractivity contribution in [3.63, 3.8) is 0 Å². The number of nitrogens with one attached hydrogen (secondary N) is 1. The number of fused-ring (bicyclic) bond motifs is 1. The Morgan fingerprint density at radius 3 is 2.77 bits per heavy atom. The molecule has 4 aromatic rings. The number of rotatable bonds is 7. The molecule has 35 heavy (non-hydrogen) atoms. The Morgan fingerprint density at radius 1 is 1.11 bits per heavy atom. The lowest BCUT2D eigenvalue weighted by atomic mass is 10.1. The van der Waals surface area contributed by atoms with E-state index in [9.17, 15) is 4.79 Å². The SMILES string of the molecule is Cc1ccc(-n2c(SCC(=O)NC[C@H]3COc4ccccc4O3)nnc2-c2cccnc2)c(C)c1. The number of aromatic nitrogens is 4. The number of aryl methyl sites for hydroxylation is 2. The number of carbonyl (C=O) groups excluding carboxylic acids is 1. The minimum atomic E-state index is -0.241. The smallest absolute Gasteiger partial charge is 0.230 e. The lowest BCUT2D eigenvalue weighted by Crippen LogP contribution is -2.41. The van der Waals surface area contributed by atoms with Gasteiger partial charge in [0.1, 0.15) is 12.7 Å². The summed E-state index contributed by atoms with van der Waals surface area (Å²) in [6, 6.07) is 17.6. The van der Waals surface area contributed by atoms with E-state index < -0.39 is 0 Å². The van der Waals surface area contributed by atoms with Crippen LogP contribution < -0.4 is 14.8 Å². The Kier molecular flexibility index (Phi) is 6.67. The van der Waals surface area contributed by atoms with Gasteiger partial charge in [-0.15, -0.1) is 10.2 Å². The Morgan fingerprint density at radius 2 is 1.97 bits per heavy atom. The van der Waals surface area contributed by atoms with Crippen LogP contribution in [0.5, 0.6) is 11.5 Å². The molecule has 3 heterocycles. The van der Waals surface area contributed by atoms with Gasteiger partial charge in [-0.05, 0) is 49.7 Å². The van der Waals surface area contributed by atoms with E-state index in [4.69, 9.17) is 9.47 Å². The number of hydrogen-bond donors (Lipinski definition) is 1. The first kappa shape index (κ1) is 22.9. The zero-order chi connectivity index (χ0) is 24.2. The number of pyridine rings is 1. The van der Waals surface area contributed by atoms with Crippen LogP contribution in [0.25, 0.3) is 17.1 Å².